The van der Waals surface area contributed by atoms with E-state index >= 15 is 0 Å². The summed E-state index contributed by atoms with van der Waals surface area (Å²) >= 11 is 0. The van der Waals surface area contributed by atoms with Crippen LogP contribution >= 0.6 is 0 Å². The zero-order valence-electron chi connectivity index (χ0n) is 12.9. The van der Waals surface area contributed by atoms with Crippen molar-refractivity contribution < 1.29 is 17.9 Å². The van der Waals surface area contributed by atoms with Crippen LogP contribution in [0.2, 0.25) is 0 Å². The highest BCUT2D eigenvalue weighted by Gasteiger charge is 2.33. The molecule has 4 nitrogen and oxygen atoms in total. The van der Waals surface area contributed by atoms with Gasteiger partial charge < -0.3 is 10.1 Å². The van der Waals surface area contributed by atoms with Crippen molar-refractivity contribution in [2.45, 2.75) is 25.9 Å². The molecule has 0 aliphatic rings. The Balaban J connectivity index is 2.38. The van der Waals surface area contributed by atoms with Gasteiger partial charge in [-0.3, -0.25) is 0 Å². The molecule has 2 rings (SSSR count). The molecule has 0 aliphatic heterocycles. The molecule has 0 unspecified atom stereocenters. The molecule has 2 aromatic rings. The van der Waals surface area contributed by atoms with E-state index in [1.54, 1.807) is 24.3 Å². The minimum absolute atomic E-state index is 0.0147. The topological polar surface area (TPSA) is 47.0 Å². The summed E-state index contributed by atoms with van der Waals surface area (Å²) < 4.78 is 44.1. The number of methoxy groups -OCH3 is 1. The lowest BCUT2D eigenvalue weighted by molar-refractivity contribution is -0.141. The lowest BCUT2D eigenvalue weighted by Crippen LogP contribution is -2.13. The summed E-state index contributed by atoms with van der Waals surface area (Å²) in [5.41, 5.74) is -0.177. The normalized spacial score (nSPS) is 11.3. The largest absolute Gasteiger partial charge is 0.497 e. The first kappa shape index (κ1) is 17.1. The fourth-order valence-corrected chi connectivity index (χ4v) is 1.96. The van der Waals surface area contributed by atoms with Crippen LogP contribution < -0.4 is 10.1 Å². The van der Waals surface area contributed by atoms with Crippen LogP contribution in [0, 0.1) is 0 Å². The lowest BCUT2D eigenvalue weighted by Gasteiger charge is -2.12. The number of nitrogens with zero attached hydrogens (tertiary/aromatic N) is 2. The maximum Gasteiger partial charge on any atom is 0.433 e. The monoisotopic (exact) mass is 325 g/mol. The molecule has 0 atom stereocenters. The molecule has 0 radical (unpaired) electrons. The van der Waals surface area contributed by atoms with Crippen molar-refractivity contribution in [1.29, 1.82) is 0 Å². The van der Waals surface area contributed by atoms with Crippen LogP contribution in [0.25, 0.3) is 11.3 Å². The van der Waals surface area contributed by atoms with Crippen molar-refractivity contribution in [2.24, 2.45) is 0 Å². The first-order chi connectivity index (χ1) is 10.9. The summed E-state index contributed by atoms with van der Waals surface area (Å²) in [4.78, 5) is 7.75. The van der Waals surface area contributed by atoms with E-state index < -0.39 is 11.9 Å². The first-order valence-electron chi connectivity index (χ1n) is 7.28. The second kappa shape index (κ2) is 7.30. The Bertz CT molecular complexity index is 642. The van der Waals surface area contributed by atoms with Gasteiger partial charge in [-0.05, 0) is 36.8 Å². The van der Waals surface area contributed by atoms with E-state index in [1.807, 2.05) is 6.92 Å². The zero-order chi connectivity index (χ0) is 16.9. The van der Waals surface area contributed by atoms with Gasteiger partial charge in [0.1, 0.15) is 5.75 Å². The van der Waals surface area contributed by atoms with Crippen molar-refractivity contribution in [3.8, 4) is 17.0 Å². The highest BCUT2D eigenvalue weighted by atomic mass is 19.4. The fourth-order valence-electron chi connectivity index (χ4n) is 1.96. The van der Waals surface area contributed by atoms with Crippen molar-refractivity contribution >= 4 is 5.95 Å². The molecule has 23 heavy (non-hydrogen) atoms. The summed E-state index contributed by atoms with van der Waals surface area (Å²) in [7, 11) is 1.53. The van der Waals surface area contributed by atoms with Gasteiger partial charge in [0.15, 0.2) is 5.69 Å². The van der Waals surface area contributed by atoms with Crippen molar-refractivity contribution in [3.63, 3.8) is 0 Å². The molecule has 0 aliphatic carbocycles. The quantitative estimate of drug-likeness (QED) is 0.801. The SMILES string of the molecule is CCCCNc1nc(-c2ccc(OC)cc2)cc(C(F)(F)F)n1. The van der Waals surface area contributed by atoms with Crippen molar-refractivity contribution in [1.82, 2.24) is 9.97 Å². The second-order valence-corrected chi connectivity index (χ2v) is 4.97. The van der Waals surface area contributed by atoms with Gasteiger partial charge >= 0.3 is 6.18 Å². The van der Waals surface area contributed by atoms with Crippen molar-refractivity contribution in [2.75, 3.05) is 19.0 Å². The summed E-state index contributed by atoms with van der Waals surface area (Å²) in [5.74, 6) is 0.610. The average molecular weight is 325 g/mol. The van der Waals surface area contributed by atoms with E-state index in [1.165, 1.54) is 7.11 Å². The summed E-state index contributed by atoms with van der Waals surface area (Å²) in [6.45, 7) is 2.53. The number of ether oxygens (including phenoxy) is 1. The molecule has 0 fully saturated rings. The molecule has 0 spiro atoms. The van der Waals surface area contributed by atoms with Gasteiger partial charge in [-0.1, -0.05) is 13.3 Å². The van der Waals surface area contributed by atoms with Crippen LogP contribution in [0.3, 0.4) is 0 Å². The number of anilines is 1. The number of alkyl halides is 3. The molecule has 0 bridgehead atoms. The molecule has 124 valence electrons. The smallest absolute Gasteiger partial charge is 0.433 e. The highest BCUT2D eigenvalue weighted by molar-refractivity contribution is 5.62. The minimum atomic E-state index is -4.52. The molecule has 1 aromatic heterocycles. The predicted octanol–water partition coefficient (Wildman–Crippen LogP) is 4.38. The van der Waals surface area contributed by atoms with E-state index in [2.05, 4.69) is 15.3 Å². The number of halogens is 3. The Morgan fingerprint density at radius 1 is 1.13 bits per heavy atom. The maximum absolute atomic E-state index is 13.0. The Labute approximate surface area is 132 Å². The van der Waals surface area contributed by atoms with Gasteiger partial charge in [0.25, 0.3) is 0 Å². The molecule has 0 saturated carbocycles. The molecule has 0 saturated heterocycles. The number of nitrogens with one attached hydrogen (secondary N) is 1. The van der Waals surface area contributed by atoms with Gasteiger partial charge in [-0.2, -0.15) is 13.2 Å². The van der Waals surface area contributed by atoms with Gasteiger partial charge in [-0.15, -0.1) is 0 Å². The Hall–Kier alpha value is -2.31. The molecular formula is C16H18F3N3O. The molecular weight excluding hydrogens is 307 g/mol. The summed E-state index contributed by atoms with van der Waals surface area (Å²) in [6, 6.07) is 7.63. The van der Waals surface area contributed by atoms with Crippen molar-refractivity contribution in [3.05, 3.63) is 36.0 Å². The van der Waals surface area contributed by atoms with Gasteiger partial charge in [0, 0.05) is 12.1 Å². The highest BCUT2D eigenvalue weighted by Crippen LogP contribution is 2.31. The Morgan fingerprint density at radius 3 is 2.39 bits per heavy atom. The Kier molecular flexibility index (Phi) is 5.41. The van der Waals surface area contributed by atoms with E-state index in [4.69, 9.17) is 4.74 Å². The predicted molar refractivity (Wildman–Crippen MR) is 82.4 cm³/mol. The number of hydrogen-bond acceptors (Lipinski definition) is 4. The van der Waals surface area contributed by atoms with Crippen LogP contribution in [0.4, 0.5) is 19.1 Å². The van der Waals surface area contributed by atoms with Gasteiger partial charge in [0.2, 0.25) is 5.95 Å². The standard InChI is InChI=1S/C16H18F3N3O/c1-3-4-9-20-15-21-13(10-14(22-15)16(17,18)19)11-5-7-12(23-2)8-6-11/h5-8,10H,3-4,9H2,1-2H3,(H,20,21,22). The van der Waals surface area contributed by atoms with E-state index in [9.17, 15) is 13.2 Å². The molecule has 1 N–H and O–H groups in total. The van der Waals surface area contributed by atoms with E-state index in [0.717, 1.165) is 18.9 Å². The third kappa shape index (κ3) is 4.58. The fraction of sp³-hybridized carbons (Fsp3) is 0.375. The van der Waals surface area contributed by atoms with E-state index in [-0.39, 0.29) is 11.6 Å². The second-order valence-electron chi connectivity index (χ2n) is 4.97. The van der Waals surface area contributed by atoms with Gasteiger partial charge in [-0.25, -0.2) is 9.97 Å². The number of aromatic nitrogens is 2. The maximum atomic E-state index is 13.0. The van der Waals surface area contributed by atoms with Crippen LogP contribution in [0.15, 0.2) is 30.3 Å². The molecule has 0 amide bonds. The third-order valence-electron chi connectivity index (χ3n) is 3.22. The third-order valence-corrected chi connectivity index (χ3v) is 3.22. The van der Waals surface area contributed by atoms with E-state index in [0.29, 0.717) is 17.9 Å². The number of benzene rings is 1. The number of rotatable bonds is 6. The van der Waals surface area contributed by atoms with Crippen LogP contribution in [-0.2, 0) is 6.18 Å². The zero-order valence-corrected chi connectivity index (χ0v) is 12.9. The van der Waals surface area contributed by atoms with Crippen LogP contribution in [-0.4, -0.2) is 23.6 Å². The Morgan fingerprint density at radius 2 is 1.83 bits per heavy atom. The molecule has 7 heteroatoms. The first-order valence-corrected chi connectivity index (χ1v) is 7.28. The average Bonchev–Trinajstić information content (AvgIpc) is 2.54. The number of unbranched alkanes of at least 4 members (excludes halogenated alkanes) is 1. The summed E-state index contributed by atoms with van der Waals surface area (Å²) in [5, 5.41) is 2.84. The minimum Gasteiger partial charge on any atom is -0.497 e. The lowest BCUT2D eigenvalue weighted by atomic mass is 10.1. The van der Waals surface area contributed by atoms with Crippen LogP contribution in [0.1, 0.15) is 25.5 Å². The van der Waals surface area contributed by atoms with Crippen LogP contribution in [0.5, 0.6) is 5.75 Å². The van der Waals surface area contributed by atoms with Gasteiger partial charge in [0.05, 0.1) is 12.8 Å². The molecule has 1 aromatic carbocycles. The number of hydrogen-bond donors (Lipinski definition) is 1. The molecule has 1 heterocycles. The summed E-state index contributed by atoms with van der Waals surface area (Å²) in [6.07, 6.45) is -2.76.